The topological polar surface area (TPSA) is 35.2 Å². The van der Waals surface area contributed by atoms with Crippen LogP contribution in [-0.4, -0.2) is 19.8 Å². The molecule has 2 unspecified atom stereocenters. The van der Waals surface area contributed by atoms with E-state index in [4.69, 9.17) is 10.5 Å². The standard InChI is InChI=1S/C8H19NO/c1-4-8(7(2)9)5-6-10-3/h7-8H,4-6,9H2,1-3H3. The van der Waals surface area contributed by atoms with Crippen molar-refractivity contribution in [3.63, 3.8) is 0 Å². The molecule has 0 heterocycles. The van der Waals surface area contributed by atoms with E-state index in [9.17, 15) is 0 Å². The second-order valence-electron chi connectivity index (χ2n) is 2.81. The monoisotopic (exact) mass is 145 g/mol. The summed E-state index contributed by atoms with van der Waals surface area (Å²) in [5.41, 5.74) is 5.73. The third-order valence-electron chi connectivity index (χ3n) is 1.96. The summed E-state index contributed by atoms with van der Waals surface area (Å²) in [7, 11) is 1.73. The van der Waals surface area contributed by atoms with Gasteiger partial charge in [-0.25, -0.2) is 0 Å². The molecule has 0 spiro atoms. The number of hydrogen-bond acceptors (Lipinski definition) is 2. The molecule has 0 amide bonds. The van der Waals surface area contributed by atoms with Gasteiger partial charge in [-0.15, -0.1) is 0 Å². The molecule has 0 aliphatic heterocycles. The second kappa shape index (κ2) is 5.69. The zero-order valence-electron chi connectivity index (χ0n) is 7.26. The lowest BCUT2D eigenvalue weighted by Gasteiger charge is -2.17. The minimum atomic E-state index is 0.306. The molecule has 2 heteroatoms. The van der Waals surface area contributed by atoms with E-state index in [0.29, 0.717) is 12.0 Å². The van der Waals surface area contributed by atoms with Crippen molar-refractivity contribution in [3.05, 3.63) is 0 Å². The fourth-order valence-corrected chi connectivity index (χ4v) is 1.11. The van der Waals surface area contributed by atoms with Gasteiger partial charge in [-0.3, -0.25) is 0 Å². The molecule has 0 aromatic carbocycles. The number of rotatable bonds is 5. The maximum Gasteiger partial charge on any atom is 0.0465 e. The zero-order chi connectivity index (χ0) is 7.98. The van der Waals surface area contributed by atoms with Crippen molar-refractivity contribution in [1.29, 1.82) is 0 Å². The minimum absolute atomic E-state index is 0.306. The van der Waals surface area contributed by atoms with E-state index in [1.165, 1.54) is 0 Å². The summed E-state index contributed by atoms with van der Waals surface area (Å²) in [6.45, 7) is 5.06. The van der Waals surface area contributed by atoms with Gasteiger partial charge in [0.05, 0.1) is 0 Å². The average Bonchev–Trinajstić information content (AvgIpc) is 1.89. The molecule has 0 aliphatic rings. The number of ether oxygens (including phenoxy) is 1. The molecular formula is C8H19NO. The van der Waals surface area contributed by atoms with Gasteiger partial charge in [-0.05, 0) is 19.3 Å². The summed E-state index contributed by atoms with van der Waals surface area (Å²) in [6.07, 6.45) is 2.24. The summed E-state index contributed by atoms with van der Waals surface area (Å²) in [4.78, 5) is 0. The van der Waals surface area contributed by atoms with E-state index in [2.05, 4.69) is 13.8 Å². The molecule has 10 heavy (non-hydrogen) atoms. The molecule has 2 N–H and O–H groups in total. The van der Waals surface area contributed by atoms with Gasteiger partial charge in [0, 0.05) is 19.8 Å². The average molecular weight is 145 g/mol. The molecule has 62 valence electrons. The van der Waals surface area contributed by atoms with Crippen LogP contribution < -0.4 is 5.73 Å². The molecule has 0 saturated carbocycles. The summed E-state index contributed by atoms with van der Waals surface area (Å²) < 4.78 is 4.97. The Labute approximate surface area is 63.7 Å². The quantitative estimate of drug-likeness (QED) is 0.634. The van der Waals surface area contributed by atoms with Crippen molar-refractivity contribution in [2.24, 2.45) is 11.7 Å². The molecule has 0 fully saturated rings. The predicted octanol–water partition coefficient (Wildman–Crippen LogP) is 1.40. The van der Waals surface area contributed by atoms with E-state index in [1.807, 2.05) is 0 Å². The van der Waals surface area contributed by atoms with Crippen LogP contribution >= 0.6 is 0 Å². The first kappa shape index (κ1) is 9.92. The highest BCUT2D eigenvalue weighted by atomic mass is 16.5. The van der Waals surface area contributed by atoms with Gasteiger partial charge in [-0.1, -0.05) is 13.3 Å². The molecule has 0 aromatic rings. The molecule has 2 nitrogen and oxygen atoms in total. The van der Waals surface area contributed by atoms with Crippen LogP contribution in [-0.2, 0) is 4.74 Å². The SMILES string of the molecule is CCC(CCOC)C(C)N. The van der Waals surface area contributed by atoms with Gasteiger partial charge in [-0.2, -0.15) is 0 Å². The van der Waals surface area contributed by atoms with Crippen LogP contribution in [0.15, 0.2) is 0 Å². The van der Waals surface area contributed by atoms with E-state index in [-0.39, 0.29) is 0 Å². The summed E-state index contributed by atoms with van der Waals surface area (Å²) in [5, 5.41) is 0. The van der Waals surface area contributed by atoms with E-state index >= 15 is 0 Å². The molecule has 0 bridgehead atoms. The van der Waals surface area contributed by atoms with Crippen LogP contribution in [0.3, 0.4) is 0 Å². The Kier molecular flexibility index (Phi) is 5.64. The second-order valence-corrected chi connectivity index (χ2v) is 2.81. The lowest BCUT2D eigenvalue weighted by molar-refractivity contribution is 0.170. The van der Waals surface area contributed by atoms with Crippen LogP contribution in [0.5, 0.6) is 0 Å². The Balaban J connectivity index is 3.40. The minimum Gasteiger partial charge on any atom is -0.385 e. The Morgan fingerprint density at radius 3 is 2.40 bits per heavy atom. The predicted molar refractivity (Wildman–Crippen MR) is 43.9 cm³/mol. The smallest absolute Gasteiger partial charge is 0.0465 e. The summed E-state index contributed by atoms with van der Waals surface area (Å²) >= 11 is 0. The van der Waals surface area contributed by atoms with Crippen molar-refractivity contribution in [2.75, 3.05) is 13.7 Å². The maximum atomic E-state index is 5.73. The van der Waals surface area contributed by atoms with E-state index in [0.717, 1.165) is 19.4 Å². The van der Waals surface area contributed by atoms with Crippen molar-refractivity contribution in [1.82, 2.24) is 0 Å². The first-order valence-corrected chi connectivity index (χ1v) is 3.96. The lowest BCUT2D eigenvalue weighted by atomic mass is 9.96. The zero-order valence-corrected chi connectivity index (χ0v) is 7.26. The summed E-state index contributed by atoms with van der Waals surface area (Å²) in [5.74, 6) is 0.625. The molecule has 0 radical (unpaired) electrons. The maximum absolute atomic E-state index is 5.73. The number of methoxy groups -OCH3 is 1. The Hall–Kier alpha value is -0.0800. The third-order valence-corrected chi connectivity index (χ3v) is 1.96. The molecule has 0 saturated heterocycles. The molecule has 0 aliphatic carbocycles. The first-order valence-electron chi connectivity index (χ1n) is 3.96. The Morgan fingerprint density at radius 1 is 1.50 bits per heavy atom. The highest BCUT2D eigenvalue weighted by Gasteiger charge is 2.09. The fourth-order valence-electron chi connectivity index (χ4n) is 1.11. The van der Waals surface area contributed by atoms with Crippen molar-refractivity contribution < 1.29 is 4.74 Å². The van der Waals surface area contributed by atoms with Crippen molar-refractivity contribution in [2.45, 2.75) is 32.7 Å². The van der Waals surface area contributed by atoms with Crippen LogP contribution in [0.2, 0.25) is 0 Å². The lowest BCUT2D eigenvalue weighted by Crippen LogP contribution is -2.26. The van der Waals surface area contributed by atoms with Gasteiger partial charge < -0.3 is 10.5 Å². The van der Waals surface area contributed by atoms with Gasteiger partial charge in [0.2, 0.25) is 0 Å². The number of hydrogen-bond donors (Lipinski definition) is 1. The normalized spacial score (nSPS) is 16.8. The highest BCUT2D eigenvalue weighted by molar-refractivity contribution is 4.66. The molecule has 2 atom stereocenters. The van der Waals surface area contributed by atoms with Crippen LogP contribution in [0.25, 0.3) is 0 Å². The Morgan fingerprint density at radius 2 is 2.10 bits per heavy atom. The largest absolute Gasteiger partial charge is 0.385 e. The molecule has 0 rings (SSSR count). The van der Waals surface area contributed by atoms with E-state index < -0.39 is 0 Å². The van der Waals surface area contributed by atoms with Crippen LogP contribution in [0.1, 0.15) is 26.7 Å². The van der Waals surface area contributed by atoms with Crippen LogP contribution in [0.4, 0.5) is 0 Å². The molecule has 0 aromatic heterocycles. The van der Waals surface area contributed by atoms with E-state index in [1.54, 1.807) is 7.11 Å². The Bertz CT molecular complexity index is 73.7. The fraction of sp³-hybridized carbons (Fsp3) is 1.00. The van der Waals surface area contributed by atoms with Crippen molar-refractivity contribution in [3.8, 4) is 0 Å². The highest BCUT2D eigenvalue weighted by Crippen LogP contribution is 2.10. The van der Waals surface area contributed by atoms with Gasteiger partial charge in [0.15, 0.2) is 0 Å². The van der Waals surface area contributed by atoms with Gasteiger partial charge >= 0.3 is 0 Å². The van der Waals surface area contributed by atoms with Crippen LogP contribution in [0, 0.1) is 5.92 Å². The first-order chi connectivity index (χ1) is 4.72. The number of nitrogens with two attached hydrogens (primary N) is 1. The van der Waals surface area contributed by atoms with Gasteiger partial charge in [0.25, 0.3) is 0 Å². The summed E-state index contributed by atoms with van der Waals surface area (Å²) in [6, 6.07) is 0.306. The van der Waals surface area contributed by atoms with Gasteiger partial charge in [0.1, 0.15) is 0 Å². The molecular weight excluding hydrogens is 126 g/mol. The third kappa shape index (κ3) is 3.85. The van der Waals surface area contributed by atoms with Crippen molar-refractivity contribution >= 4 is 0 Å².